The standard InChI is InChI=1S/C3H7N2O9P.Ba/c6-4(7)13-1-3(14-5(8)9)2-15(10,11)12;/h3H,1-2H2,(H2,10,11,12);/q;+2/p-2. The largest absolute Gasteiger partial charge is 2.00 e. The first-order valence-electron chi connectivity index (χ1n) is 3.30. The minimum absolute atomic E-state index is 0. The summed E-state index contributed by atoms with van der Waals surface area (Å²) in [4.78, 5) is 47.3. The maximum absolute atomic E-state index is 10.2. The van der Waals surface area contributed by atoms with Gasteiger partial charge >= 0.3 is 48.9 Å². The summed E-state index contributed by atoms with van der Waals surface area (Å²) in [6.07, 6.45) is -3.08. The van der Waals surface area contributed by atoms with Gasteiger partial charge < -0.3 is 24.0 Å². The molecule has 0 aromatic heterocycles. The molecular weight excluding hydrogens is 376 g/mol. The van der Waals surface area contributed by atoms with Crippen molar-refractivity contribution in [3.05, 3.63) is 20.2 Å². The van der Waals surface area contributed by atoms with Gasteiger partial charge in [0.15, 0.2) is 0 Å². The summed E-state index contributed by atoms with van der Waals surface area (Å²) in [5.41, 5.74) is 0. The maximum Gasteiger partial charge on any atom is 2.00 e. The fourth-order valence-corrected chi connectivity index (χ4v) is 1.30. The Morgan fingerprint density at radius 3 is 2.00 bits per heavy atom. The van der Waals surface area contributed by atoms with E-state index in [0.29, 0.717) is 0 Å². The Morgan fingerprint density at radius 2 is 1.69 bits per heavy atom. The van der Waals surface area contributed by atoms with Gasteiger partial charge in [0.05, 0.1) is 0 Å². The van der Waals surface area contributed by atoms with Crippen molar-refractivity contribution in [3.8, 4) is 0 Å². The molecule has 13 heteroatoms. The molecule has 16 heavy (non-hydrogen) atoms. The molecule has 0 aliphatic heterocycles. The van der Waals surface area contributed by atoms with E-state index in [-0.39, 0.29) is 48.9 Å². The maximum atomic E-state index is 10.2. The van der Waals surface area contributed by atoms with Gasteiger partial charge in [-0.25, -0.2) is 0 Å². The fourth-order valence-electron chi connectivity index (χ4n) is 0.632. The molecule has 88 valence electrons. The van der Waals surface area contributed by atoms with Crippen LogP contribution < -0.4 is 9.79 Å². The zero-order valence-electron chi connectivity index (χ0n) is 7.71. The van der Waals surface area contributed by atoms with Gasteiger partial charge in [-0.15, -0.1) is 20.2 Å². The second kappa shape index (κ2) is 8.25. The Bertz CT molecular complexity index is 290. The van der Waals surface area contributed by atoms with E-state index in [4.69, 9.17) is 0 Å². The first-order chi connectivity index (χ1) is 6.70. The van der Waals surface area contributed by atoms with Crippen molar-refractivity contribution >= 4 is 56.5 Å². The molecule has 0 saturated carbocycles. The third-order valence-corrected chi connectivity index (χ3v) is 1.88. The van der Waals surface area contributed by atoms with E-state index in [9.17, 15) is 34.6 Å². The Labute approximate surface area is 129 Å². The SMILES string of the molecule is O=[N+]([O-])OCC(CP(=O)([O-])[O-])O[N+](=O)[O-].[Ba+2]. The van der Waals surface area contributed by atoms with E-state index in [1.165, 1.54) is 0 Å². The van der Waals surface area contributed by atoms with Crippen LogP contribution in [-0.2, 0) is 14.2 Å². The molecule has 0 heterocycles. The summed E-state index contributed by atoms with van der Waals surface area (Å²) < 4.78 is 10.2. The third-order valence-electron chi connectivity index (χ3n) is 1.03. The summed E-state index contributed by atoms with van der Waals surface area (Å²) in [6.45, 7) is -1.01. The van der Waals surface area contributed by atoms with Crippen molar-refractivity contribution in [3.63, 3.8) is 0 Å². The fraction of sp³-hybridized carbons (Fsp3) is 1.00. The second-order valence-electron chi connectivity index (χ2n) is 2.26. The van der Waals surface area contributed by atoms with Crippen molar-refractivity contribution < 1.29 is 34.2 Å². The molecule has 1 atom stereocenters. The van der Waals surface area contributed by atoms with Gasteiger partial charge in [-0.2, -0.15) is 0 Å². The molecule has 0 aromatic carbocycles. The predicted octanol–water partition coefficient (Wildman–Crippen LogP) is -2.70. The quantitative estimate of drug-likeness (QED) is 0.197. The topological polar surface area (TPSA) is 168 Å². The predicted molar refractivity (Wildman–Crippen MR) is 43.0 cm³/mol. The van der Waals surface area contributed by atoms with Crippen LogP contribution in [-0.4, -0.2) is 77.9 Å². The van der Waals surface area contributed by atoms with E-state index < -0.39 is 36.6 Å². The van der Waals surface area contributed by atoms with Crippen LogP contribution >= 0.6 is 7.60 Å². The molecule has 11 nitrogen and oxygen atoms in total. The molecule has 0 N–H and O–H groups in total. The first-order valence-corrected chi connectivity index (χ1v) is 5.03. The van der Waals surface area contributed by atoms with Crippen molar-refractivity contribution in [1.29, 1.82) is 0 Å². The molecular formula is C3H5BaN2O9P. The zero-order chi connectivity index (χ0) is 12.1. The number of hydrogen-bond donors (Lipinski definition) is 0. The monoisotopic (exact) mass is 382 g/mol. The zero-order valence-corrected chi connectivity index (χ0v) is 13.0. The van der Waals surface area contributed by atoms with Gasteiger partial charge in [-0.05, 0) is 0 Å². The van der Waals surface area contributed by atoms with E-state index in [1.54, 1.807) is 0 Å². The van der Waals surface area contributed by atoms with Gasteiger partial charge in [-0.1, -0.05) is 7.60 Å². The van der Waals surface area contributed by atoms with Crippen molar-refractivity contribution in [2.45, 2.75) is 6.10 Å². The Kier molecular flexibility index (Phi) is 9.53. The molecule has 0 fully saturated rings. The van der Waals surface area contributed by atoms with Crippen LogP contribution in [0.4, 0.5) is 0 Å². The minimum atomic E-state index is -5.07. The second-order valence-corrected chi connectivity index (χ2v) is 3.85. The van der Waals surface area contributed by atoms with Gasteiger partial charge in [0.2, 0.25) is 0 Å². The number of nitrogens with zero attached hydrogens (tertiary/aromatic N) is 2. The van der Waals surface area contributed by atoms with Gasteiger partial charge in [0.1, 0.15) is 12.7 Å². The van der Waals surface area contributed by atoms with Crippen molar-refractivity contribution in [2.24, 2.45) is 0 Å². The van der Waals surface area contributed by atoms with Crippen molar-refractivity contribution in [1.82, 2.24) is 0 Å². The summed E-state index contributed by atoms with van der Waals surface area (Å²) in [7, 11) is -5.07. The molecule has 1 unspecified atom stereocenters. The van der Waals surface area contributed by atoms with Crippen LogP contribution in [0.15, 0.2) is 0 Å². The van der Waals surface area contributed by atoms with Crippen LogP contribution in [0.5, 0.6) is 0 Å². The molecule has 0 aromatic rings. The molecule has 0 rings (SSSR count). The summed E-state index contributed by atoms with van der Waals surface area (Å²) in [5.74, 6) is 0. The van der Waals surface area contributed by atoms with E-state index in [0.717, 1.165) is 0 Å². The third kappa shape index (κ3) is 12.2. The summed E-state index contributed by atoms with van der Waals surface area (Å²) >= 11 is 0. The van der Waals surface area contributed by atoms with Crippen molar-refractivity contribution in [2.75, 3.05) is 12.8 Å². The average Bonchev–Trinajstić information content (AvgIpc) is 1.95. The van der Waals surface area contributed by atoms with Crippen LogP contribution in [0.1, 0.15) is 0 Å². The molecule has 0 saturated heterocycles. The van der Waals surface area contributed by atoms with Gasteiger partial charge in [0.25, 0.3) is 10.2 Å². The van der Waals surface area contributed by atoms with Crippen LogP contribution in [0.25, 0.3) is 0 Å². The number of rotatable bonds is 7. The van der Waals surface area contributed by atoms with Crippen LogP contribution in [0.3, 0.4) is 0 Å². The molecule has 0 spiro atoms. The summed E-state index contributed by atoms with van der Waals surface area (Å²) in [5, 5.41) is 16.8. The molecule has 0 aliphatic carbocycles. The van der Waals surface area contributed by atoms with E-state index >= 15 is 0 Å². The smallest absolute Gasteiger partial charge is 0.811 e. The normalized spacial score (nSPS) is 12.1. The Hall–Kier alpha value is 0.121. The molecule has 0 bridgehead atoms. The molecule has 0 aliphatic rings. The van der Waals surface area contributed by atoms with E-state index in [2.05, 4.69) is 9.68 Å². The van der Waals surface area contributed by atoms with E-state index in [1.807, 2.05) is 0 Å². The first kappa shape index (κ1) is 18.5. The summed E-state index contributed by atoms with van der Waals surface area (Å²) in [6, 6.07) is 0. The van der Waals surface area contributed by atoms with Gasteiger partial charge in [0, 0.05) is 6.16 Å². The molecule has 0 radical (unpaired) electrons. The Balaban J connectivity index is 0. The number of hydrogen-bond acceptors (Lipinski definition) is 9. The van der Waals surface area contributed by atoms with Gasteiger partial charge in [-0.3, -0.25) is 0 Å². The van der Waals surface area contributed by atoms with Crippen LogP contribution in [0, 0.1) is 20.2 Å². The van der Waals surface area contributed by atoms with Crippen LogP contribution in [0.2, 0.25) is 0 Å². The average molecular weight is 381 g/mol. The molecule has 0 amide bonds. The minimum Gasteiger partial charge on any atom is -0.811 e. The Morgan fingerprint density at radius 1 is 1.19 bits per heavy atom.